The van der Waals surface area contributed by atoms with Gasteiger partial charge in [0.2, 0.25) is 11.8 Å². The fraction of sp³-hybridized carbons (Fsp3) is 0.476. The van der Waals surface area contributed by atoms with Crippen LogP contribution in [-0.2, 0) is 6.54 Å². The van der Waals surface area contributed by atoms with E-state index in [-0.39, 0.29) is 0 Å². The highest BCUT2D eigenvalue weighted by atomic mass is 32.1. The standard InChI is InChI=1S/C21H27N5O3S/c1-14-5-7-26(8-6-14)18-12-19(27-2)24-20(23-18)25-21(30)22-13-15-3-4-16-17(11-15)29-10-9-28-16/h3-4,11-12,14H,5-10,13H2,1-2H3,(H2,22,23,24,25,30). The van der Waals surface area contributed by atoms with Gasteiger partial charge in [0.15, 0.2) is 16.6 Å². The molecular formula is C21H27N5O3S. The van der Waals surface area contributed by atoms with Crippen LogP contribution < -0.4 is 29.7 Å². The van der Waals surface area contributed by atoms with Gasteiger partial charge in [-0.05, 0) is 48.7 Å². The number of thiocarbonyl (C=S) groups is 1. The molecule has 4 rings (SSSR count). The minimum atomic E-state index is 0.419. The Balaban J connectivity index is 1.38. The average molecular weight is 430 g/mol. The zero-order chi connectivity index (χ0) is 20.9. The molecule has 0 radical (unpaired) electrons. The molecule has 2 aliphatic rings. The molecule has 0 atom stereocenters. The smallest absolute Gasteiger partial charge is 0.234 e. The summed E-state index contributed by atoms with van der Waals surface area (Å²) in [6.07, 6.45) is 2.31. The van der Waals surface area contributed by atoms with E-state index in [0.29, 0.717) is 36.7 Å². The van der Waals surface area contributed by atoms with E-state index in [1.807, 2.05) is 24.3 Å². The second-order valence-electron chi connectivity index (χ2n) is 7.55. The monoisotopic (exact) mass is 429 g/mol. The SMILES string of the molecule is COc1cc(N2CCC(C)CC2)nc(NC(=S)NCc2ccc3c(c2)OCCO3)n1. The highest BCUT2D eigenvalue weighted by molar-refractivity contribution is 7.80. The summed E-state index contributed by atoms with van der Waals surface area (Å²) in [6, 6.07) is 7.73. The Morgan fingerprint density at radius 3 is 2.70 bits per heavy atom. The molecule has 0 amide bonds. The average Bonchev–Trinajstić information content (AvgIpc) is 2.77. The van der Waals surface area contributed by atoms with Crippen LogP contribution in [0.2, 0.25) is 0 Å². The summed E-state index contributed by atoms with van der Waals surface area (Å²) < 4.78 is 16.5. The lowest BCUT2D eigenvalue weighted by atomic mass is 9.99. The molecule has 2 N–H and O–H groups in total. The van der Waals surface area contributed by atoms with Gasteiger partial charge in [0.25, 0.3) is 0 Å². The number of hydrogen-bond donors (Lipinski definition) is 2. The molecular weight excluding hydrogens is 402 g/mol. The van der Waals surface area contributed by atoms with Crippen molar-refractivity contribution < 1.29 is 14.2 Å². The van der Waals surface area contributed by atoms with Crippen LogP contribution in [0.25, 0.3) is 0 Å². The van der Waals surface area contributed by atoms with Crippen molar-refractivity contribution in [3.05, 3.63) is 29.8 Å². The van der Waals surface area contributed by atoms with Crippen molar-refractivity contribution in [2.45, 2.75) is 26.3 Å². The third-order valence-corrected chi connectivity index (χ3v) is 5.54. The predicted molar refractivity (Wildman–Crippen MR) is 120 cm³/mol. The zero-order valence-electron chi connectivity index (χ0n) is 17.3. The summed E-state index contributed by atoms with van der Waals surface area (Å²) in [4.78, 5) is 11.3. The van der Waals surface area contributed by atoms with Gasteiger partial charge in [-0.1, -0.05) is 13.0 Å². The minimum absolute atomic E-state index is 0.419. The van der Waals surface area contributed by atoms with Gasteiger partial charge in [0.1, 0.15) is 19.0 Å². The lowest BCUT2D eigenvalue weighted by molar-refractivity contribution is 0.171. The van der Waals surface area contributed by atoms with E-state index in [9.17, 15) is 0 Å². The quantitative estimate of drug-likeness (QED) is 0.697. The number of ether oxygens (including phenoxy) is 3. The lowest BCUT2D eigenvalue weighted by Crippen LogP contribution is -2.34. The highest BCUT2D eigenvalue weighted by Crippen LogP contribution is 2.30. The first-order valence-corrected chi connectivity index (χ1v) is 10.6. The fourth-order valence-corrected chi connectivity index (χ4v) is 3.66. The molecule has 2 aliphatic heterocycles. The zero-order valence-corrected chi connectivity index (χ0v) is 18.1. The molecule has 1 saturated heterocycles. The summed E-state index contributed by atoms with van der Waals surface area (Å²) in [5.41, 5.74) is 1.04. The number of aromatic nitrogens is 2. The number of hydrogen-bond acceptors (Lipinski definition) is 7. The molecule has 0 saturated carbocycles. The van der Waals surface area contributed by atoms with Crippen molar-refractivity contribution in [3.8, 4) is 17.4 Å². The summed E-state index contributed by atoms with van der Waals surface area (Å²) >= 11 is 5.44. The van der Waals surface area contributed by atoms with Crippen LogP contribution in [-0.4, -0.2) is 48.5 Å². The van der Waals surface area contributed by atoms with Crippen LogP contribution in [0.4, 0.5) is 11.8 Å². The number of methoxy groups -OCH3 is 1. The topological polar surface area (TPSA) is 80.8 Å². The first kappa shape index (κ1) is 20.5. The maximum absolute atomic E-state index is 5.63. The van der Waals surface area contributed by atoms with Gasteiger partial charge in [-0.15, -0.1) is 0 Å². The summed E-state index contributed by atoms with van der Waals surface area (Å²) in [5, 5.41) is 6.70. The van der Waals surface area contributed by atoms with Crippen LogP contribution in [0, 0.1) is 5.92 Å². The molecule has 3 heterocycles. The van der Waals surface area contributed by atoms with E-state index in [0.717, 1.165) is 54.7 Å². The van der Waals surface area contributed by atoms with Gasteiger partial charge in [0, 0.05) is 25.7 Å². The molecule has 1 aromatic carbocycles. The van der Waals surface area contributed by atoms with Gasteiger partial charge in [0.05, 0.1) is 7.11 Å². The van der Waals surface area contributed by atoms with Crippen LogP contribution in [0.15, 0.2) is 24.3 Å². The molecule has 0 unspecified atom stereocenters. The molecule has 0 bridgehead atoms. The van der Waals surface area contributed by atoms with Gasteiger partial charge >= 0.3 is 0 Å². The van der Waals surface area contributed by atoms with Crippen molar-refractivity contribution in [2.24, 2.45) is 5.92 Å². The van der Waals surface area contributed by atoms with Gasteiger partial charge < -0.3 is 29.7 Å². The summed E-state index contributed by atoms with van der Waals surface area (Å²) in [5.74, 6) is 4.07. The Morgan fingerprint density at radius 1 is 1.17 bits per heavy atom. The molecule has 9 heteroatoms. The Bertz CT molecular complexity index is 902. The number of anilines is 2. The maximum atomic E-state index is 5.63. The third kappa shape index (κ3) is 5.02. The van der Waals surface area contributed by atoms with Gasteiger partial charge in [-0.2, -0.15) is 9.97 Å². The Morgan fingerprint density at radius 2 is 1.93 bits per heavy atom. The number of benzene rings is 1. The van der Waals surface area contributed by atoms with Crippen molar-refractivity contribution >= 4 is 29.1 Å². The summed E-state index contributed by atoms with van der Waals surface area (Å²) in [6.45, 7) is 5.94. The van der Waals surface area contributed by atoms with Gasteiger partial charge in [-0.25, -0.2) is 0 Å². The largest absolute Gasteiger partial charge is 0.486 e. The number of nitrogens with one attached hydrogen (secondary N) is 2. The number of piperidine rings is 1. The lowest BCUT2D eigenvalue weighted by Gasteiger charge is -2.31. The van der Waals surface area contributed by atoms with Crippen LogP contribution in [0.3, 0.4) is 0 Å². The van der Waals surface area contributed by atoms with Crippen molar-refractivity contribution in [3.63, 3.8) is 0 Å². The number of rotatable bonds is 5. The van der Waals surface area contributed by atoms with Crippen LogP contribution >= 0.6 is 12.2 Å². The summed E-state index contributed by atoms with van der Waals surface area (Å²) in [7, 11) is 1.60. The molecule has 0 spiro atoms. The van der Waals surface area contributed by atoms with E-state index in [1.54, 1.807) is 7.11 Å². The number of nitrogens with zero attached hydrogens (tertiary/aromatic N) is 3. The highest BCUT2D eigenvalue weighted by Gasteiger charge is 2.19. The van der Waals surface area contributed by atoms with Crippen LogP contribution in [0.1, 0.15) is 25.3 Å². The first-order valence-electron chi connectivity index (χ1n) is 10.2. The first-order chi connectivity index (χ1) is 14.6. The van der Waals surface area contributed by atoms with E-state index < -0.39 is 0 Å². The third-order valence-electron chi connectivity index (χ3n) is 5.29. The molecule has 1 aromatic heterocycles. The number of fused-ring (bicyclic) bond motifs is 1. The predicted octanol–water partition coefficient (Wildman–Crippen LogP) is 2.98. The van der Waals surface area contributed by atoms with E-state index >= 15 is 0 Å². The maximum Gasteiger partial charge on any atom is 0.234 e. The van der Waals surface area contributed by atoms with Crippen LogP contribution in [0.5, 0.6) is 17.4 Å². The molecule has 8 nitrogen and oxygen atoms in total. The van der Waals surface area contributed by atoms with Crippen molar-refractivity contribution in [1.82, 2.24) is 15.3 Å². The molecule has 1 fully saturated rings. The van der Waals surface area contributed by atoms with Crippen molar-refractivity contribution in [1.29, 1.82) is 0 Å². The molecule has 30 heavy (non-hydrogen) atoms. The van der Waals surface area contributed by atoms with Crippen molar-refractivity contribution in [2.75, 3.05) is 43.6 Å². The molecule has 0 aliphatic carbocycles. The Kier molecular flexibility index (Phi) is 6.37. The Hall–Kier alpha value is -2.81. The molecule has 160 valence electrons. The van der Waals surface area contributed by atoms with E-state index in [1.165, 1.54) is 0 Å². The fourth-order valence-electron chi connectivity index (χ4n) is 3.50. The van der Waals surface area contributed by atoms with Gasteiger partial charge in [-0.3, -0.25) is 0 Å². The Labute approximate surface area is 181 Å². The normalized spacial score (nSPS) is 16.1. The minimum Gasteiger partial charge on any atom is -0.486 e. The van der Waals surface area contributed by atoms with E-state index in [4.69, 9.17) is 26.4 Å². The second-order valence-corrected chi connectivity index (χ2v) is 7.96. The molecule has 2 aromatic rings. The van der Waals surface area contributed by atoms with E-state index in [2.05, 4.69) is 32.4 Å². The second kappa shape index (κ2) is 9.34.